The summed E-state index contributed by atoms with van der Waals surface area (Å²) >= 11 is 0. The average molecular weight is 543 g/mol. The fourth-order valence-corrected chi connectivity index (χ4v) is 4.02. The van der Waals surface area contributed by atoms with Gasteiger partial charge in [-0.1, -0.05) is 18.2 Å². The molecule has 2 aliphatic rings. The van der Waals surface area contributed by atoms with E-state index in [0.29, 0.717) is 44.0 Å². The number of aromatic nitrogens is 2. The Kier molecular flexibility index (Phi) is 8.45. The van der Waals surface area contributed by atoms with Gasteiger partial charge in [-0.15, -0.1) is 0 Å². The zero-order valence-corrected chi connectivity index (χ0v) is 20.6. The topological polar surface area (TPSA) is 125 Å². The van der Waals surface area contributed by atoms with Crippen LogP contribution in [0.3, 0.4) is 0 Å². The lowest BCUT2D eigenvalue weighted by Gasteiger charge is -2.26. The van der Waals surface area contributed by atoms with Crippen LogP contribution in [0.5, 0.6) is 0 Å². The third-order valence-electron chi connectivity index (χ3n) is 6.04. The van der Waals surface area contributed by atoms with Gasteiger partial charge >= 0.3 is 12.1 Å². The molecule has 5 rings (SSSR count). The number of aromatic amines is 1. The van der Waals surface area contributed by atoms with Crippen molar-refractivity contribution in [2.24, 2.45) is 0 Å². The first-order chi connectivity index (χ1) is 18.6. The molecule has 2 amide bonds. The number of morpholine rings is 1. The van der Waals surface area contributed by atoms with Crippen molar-refractivity contribution in [1.29, 1.82) is 0 Å². The van der Waals surface area contributed by atoms with Crippen molar-refractivity contribution in [3.8, 4) is 11.3 Å². The number of carbonyl (C=O) groups excluding carboxylic acids is 2. The van der Waals surface area contributed by atoms with Crippen molar-refractivity contribution in [1.82, 2.24) is 20.2 Å². The summed E-state index contributed by atoms with van der Waals surface area (Å²) in [6.07, 6.45) is 1.40. The van der Waals surface area contributed by atoms with Crippen molar-refractivity contribution in [2.75, 3.05) is 32.8 Å². The third-order valence-corrected chi connectivity index (χ3v) is 6.04. The Balaban J connectivity index is 0.000000448. The van der Waals surface area contributed by atoms with Gasteiger partial charge in [0.2, 0.25) is 0 Å². The first-order valence-corrected chi connectivity index (χ1v) is 12.0. The summed E-state index contributed by atoms with van der Waals surface area (Å²) < 4.78 is 37.0. The number of H-pyrrole nitrogens is 1. The molecule has 0 aliphatic carbocycles. The molecular weight excluding hydrogens is 517 g/mol. The molecule has 204 valence electrons. The molecule has 2 aliphatic heterocycles. The minimum atomic E-state index is -5.08. The molecule has 12 heteroatoms. The molecule has 2 aromatic heterocycles. The van der Waals surface area contributed by atoms with E-state index in [1.54, 1.807) is 6.20 Å². The monoisotopic (exact) mass is 542 g/mol. The molecule has 0 saturated carbocycles. The van der Waals surface area contributed by atoms with Gasteiger partial charge in [0.1, 0.15) is 0 Å². The van der Waals surface area contributed by atoms with Crippen LogP contribution in [0.1, 0.15) is 37.7 Å². The molecule has 4 heterocycles. The summed E-state index contributed by atoms with van der Waals surface area (Å²) in [5, 5.41) is 10.00. The second kappa shape index (κ2) is 11.9. The number of nitrogens with zero attached hydrogens (tertiary/aromatic N) is 2. The van der Waals surface area contributed by atoms with E-state index in [0.717, 1.165) is 34.6 Å². The fourth-order valence-electron chi connectivity index (χ4n) is 4.02. The molecule has 3 aromatic rings. The van der Waals surface area contributed by atoms with Crippen LogP contribution in [0.25, 0.3) is 23.4 Å². The Labute approximate surface area is 221 Å². The van der Waals surface area contributed by atoms with E-state index in [1.165, 1.54) is 0 Å². The van der Waals surface area contributed by atoms with Crippen LogP contribution in [-0.2, 0) is 16.0 Å². The maximum absolute atomic E-state index is 12.6. The Morgan fingerprint density at radius 3 is 2.38 bits per heavy atom. The number of carbonyl (C=O) groups is 3. The van der Waals surface area contributed by atoms with Gasteiger partial charge < -0.3 is 25.0 Å². The number of rotatable bonds is 4. The number of aliphatic carboxylic acids is 1. The molecule has 1 aromatic carbocycles. The van der Waals surface area contributed by atoms with Crippen LogP contribution in [0.15, 0.2) is 48.7 Å². The first kappa shape index (κ1) is 27.6. The lowest BCUT2D eigenvalue weighted by molar-refractivity contribution is -0.192. The third kappa shape index (κ3) is 7.11. The number of hydrogen-bond donors (Lipinski definition) is 3. The van der Waals surface area contributed by atoms with Crippen LogP contribution in [-0.4, -0.2) is 76.8 Å². The molecule has 1 fully saturated rings. The van der Waals surface area contributed by atoms with Crippen LogP contribution in [0.4, 0.5) is 13.2 Å². The molecule has 3 N–H and O–H groups in total. The molecule has 39 heavy (non-hydrogen) atoms. The molecular formula is C27H25F3N4O5. The van der Waals surface area contributed by atoms with E-state index in [1.807, 2.05) is 59.5 Å². The van der Waals surface area contributed by atoms with Crippen LogP contribution in [0, 0.1) is 0 Å². The van der Waals surface area contributed by atoms with Gasteiger partial charge in [0, 0.05) is 54.8 Å². The van der Waals surface area contributed by atoms with Crippen molar-refractivity contribution in [3.63, 3.8) is 0 Å². The van der Waals surface area contributed by atoms with Crippen molar-refractivity contribution < 1.29 is 37.4 Å². The summed E-state index contributed by atoms with van der Waals surface area (Å²) in [6.45, 7) is 3.12. The van der Waals surface area contributed by atoms with Crippen molar-refractivity contribution in [2.45, 2.75) is 12.6 Å². The van der Waals surface area contributed by atoms with E-state index in [4.69, 9.17) is 14.6 Å². The zero-order valence-electron chi connectivity index (χ0n) is 20.6. The maximum atomic E-state index is 12.6. The maximum Gasteiger partial charge on any atom is 0.490 e. The highest BCUT2D eigenvalue weighted by Gasteiger charge is 2.38. The Hall–Kier alpha value is -4.45. The molecule has 0 bridgehead atoms. The number of halogens is 3. The highest BCUT2D eigenvalue weighted by Crippen LogP contribution is 2.24. The minimum absolute atomic E-state index is 0.0292. The summed E-state index contributed by atoms with van der Waals surface area (Å²) in [7, 11) is 0. The minimum Gasteiger partial charge on any atom is -0.475 e. The predicted octanol–water partition coefficient (Wildman–Crippen LogP) is 3.64. The quantitative estimate of drug-likeness (QED) is 0.463. The zero-order chi connectivity index (χ0) is 28.0. The second-order valence-corrected chi connectivity index (χ2v) is 8.71. The summed E-state index contributed by atoms with van der Waals surface area (Å²) in [6, 6.07) is 13.4. The molecule has 1 saturated heterocycles. The van der Waals surface area contributed by atoms with Crippen LogP contribution < -0.4 is 5.32 Å². The van der Waals surface area contributed by atoms with E-state index < -0.39 is 12.1 Å². The normalized spacial score (nSPS) is 15.3. The number of nitrogens with one attached hydrogen (secondary N) is 2. The highest BCUT2D eigenvalue weighted by molar-refractivity contribution is 5.98. The highest BCUT2D eigenvalue weighted by atomic mass is 19.4. The molecule has 0 spiro atoms. The van der Waals surface area contributed by atoms with Gasteiger partial charge in [-0.05, 0) is 42.0 Å². The number of ether oxygens (including phenoxy) is 1. The van der Waals surface area contributed by atoms with Crippen LogP contribution >= 0.6 is 0 Å². The number of pyridine rings is 1. The molecule has 0 radical (unpaired) electrons. The van der Waals surface area contributed by atoms with Crippen molar-refractivity contribution in [3.05, 3.63) is 76.7 Å². The standard InChI is InChI=1S/C25H24N4O3.C2HF3O2/c30-24-21-16-23(28-22(21)8-10-27-24)19-7-9-26-20(15-19)6-3-17-1-4-18(5-2-17)25(31)29-11-13-32-14-12-29;3-2(4,5)1(6)7/h1-7,9,15-16,28H,8,10-14H2,(H,27,30);(H,6,7). The van der Waals surface area contributed by atoms with Gasteiger partial charge in [-0.3, -0.25) is 14.6 Å². The van der Waals surface area contributed by atoms with Crippen LogP contribution in [0.2, 0.25) is 0 Å². The lowest BCUT2D eigenvalue weighted by Crippen LogP contribution is -2.40. The van der Waals surface area contributed by atoms with Gasteiger partial charge in [-0.25, -0.2) is 4.79 Å². The molecule has 0 atom stereocenters. The Morgan fingerprint density at radius 2 is 1.74 bits per heavy atom. The van der Waals surface area contributed by atoms with Gasteiger partial charge in [0.05, 0.1) is 24.5 Å². The summed E-state index contributed by atoms with van der Waals surface area (Å²) in [5.41, 5.74) is 6.07. The van der Waals surface area contributed by atoms with E-state index in [-0.39, 0.29) is 11.8 Å². The molecule has 0 unspecified atom stereocenters. The number of alkyl halides is 3. The number of carboxylic acids is 1. The predicted molar refractivity (Wildman–Crippen MR) is 136 cm³/mol. The number of hydrogen-bond acceptors (Lipinski definition) is 5. The van der Waals surface area contributed by atoms with Gasteiger partial charge in [0.25, 0.3) is 11.8 Å². The van der Waals surface area contributed by atoms with E-state index in [2.05, 4.69) is 15.3 Å². The Bertz CT molecular complexity index is 1380. The van der Waals surface area contributed by atoms with Crippen molar-refractivity contribution >= 4 is 29.9 Å². The number of carboxylic acid groups (broad SMARTS) is 1. The number of amides is 2. The second-order valence-electron chi connectivity index (χ2n) is 8.71. The summed E-state index contributed by atoms with van der Waals surface area (Å²) in [5.74, 6) is -2.74. The van der Waals surface area contributed by atoms with E-state index in [9.17, 15) is 22.8 Å². The van der Waals surface area contributed by atoms with E-state index >= 15 is 0 Å². The summed E-state index contributed by atoms with van der Waals surface area (Å²) in [4.78, 5) is 43.1. The SMILES string of the molecule is O=C(O)C(F)(F)F.O=C1NCCc2[nH]c(-c3ccnc(C=Cc4ccc(C(=O)N5CCOCC5)cc4)c3)cc21. The average Bonchev–Trinajstić information content (AvgIpc) is 3.38. The lowest BCUT2D eigenvalue weighted by atomic mass is 10.1. The molecule has 9 nitrogen and oxygen atoms in total. The largest absolute Gasteiger partial charge is 0.490 e. The van der Waals surface area contributed by atoms with Gasteiger partial charge in [-0.2, -0.15) is 13.2 Å². The smallest absolute Gasteiger partial charge is 0.475 e. The number of benzene rings is 1. The fraction of sp³-hybridized carbons (Fsp3) is 0.259. The Morgan fingerprint density at radius 1 is 1.05 bits per heavy atom. The van der Waals surface area contributed by atoms with Gasteiger partial charge in [0.15, 0.2) is 0 Å². The first-order valence-electron chi connectivity index (χ1n) is 12.0. The number of fused-ring (bicyclic) bond motifs is 1.